The zero-order valence-electron chi connectivity index (χ0n) is 17.3. The summed E-state index contributed by atoms with van der Waals surface area (Å²) in [5.74, 6) is 1.87. The molecule has 0 amide bonds. The lowest BCUT2D eigenvalue weighted by Crippen LogP contribution is -2.33. The van der Waals surface area contributed by atoms with E-state index in [4.69, 9.17) is 9.97 Å². The van der Waals surface area contributed by atoms with Gasteiger partial charge in [0, 0.05) is 12.7 Å². The summed E-state index contributed by atoms with van der Waals surface area (Å²) >= 11 is 0. The molecule has 1 fully saturated rings. The molecule has 1 aromatic carbocycles. The molecule has 3 heterocycles. The SMILES string of the molecule is CN(Cc1nc2ccccc2n1C[C@@H]1CCCNC1)[C@H]1CCCc2cccnc21. The van der Waals surface area contributed by atoms with Crippen LogP contribution in [0.3, 0.4) is 0 Å². The molecule has 2 atom stereocenters. The Hall–Kier alpha value is -2.24. The first-order valence-corrected chi connectivity index (χ1v) is 11.1. The summed E-state index contributed by atoms with van der Waals surface area (Å²) in [6.45, 7) is 4.18. The van der Waals surface area contributed by atoms with Crippen LogP contribution in [-0.4, -0.2) is 39.6 Å². The van der Waals surface area contributed by atoms with Crippen molar-refractivity contribution in [2.24, 2.45) is 5.92 Å². The third-order valence-corrected chi connectivity index (χ3v) is 6.66. The molecule has 0 radical (unpaired) electrons. The first-order chi connectivity index (χ1) is 14.3. The number of hydrogen-bond acceptors (Lipinski definition) is 4. The number of fused-ring (bicyclic) bond motifs is 2. The van der Waals surface area contributed by atoms with Gasteiger partial charge in [-0.15, -0.1) is 0 Å². The van der Waals surface area contributed by atoms with Crippen LogP contribution in [0, 0.1) is 5.92 Å². The van der Waals surface area contributed by atoms with E-state index in [1.807, 2.05) is 6.20 Å². The van der Waals surface area contributed by atoms with E-state index in [1.54, 1.807) is 0 Å². The number of nitrogens with zero attached hydrogens (tertiary/aromatic N) is 4. The van der Waals surface area contributed by atoms with Crippen molar-refractivity contribution >= 4 is 11.0 Å². The molecule has 0 spiro atoms. The Labute approximate surface area is 173 Å². The molecule has 5 rings (SSSR count). The van der Waals surface area contributed by atoms with Crippen molar-refractivity contribution in [3.05, 3.63) is 59.7 Å². The second kappa shape index (κ2) is 8.25. The Morgan fingerprint density at radius 1 is 1.14 bits per heavy atom. The van der Waals surface area contributed by atoms with Crippen LogP contribution in [-0.2, 0) is 19.5 Å². The topological polar surface area (TPSA) is 46.0 Å². The summed E-state index contributed by atoms with van der Waals surface area (Å²) in [5.41, 5.74) is 5.06. The normalized spacial score (nSPS) is 22.1. The summed E-state index contributed by atoms with van der Waals surface area (Å²) in [4.78, 5) is 12.3. The Morgan fingerprint density at radius 3 is 2.97 bits per heavy atom. The first kappa shape index (κ1) is 18.8. The van der Waals surface area contributed by atoms with E-state index in [9.17, 15) is 0 Å². The number of aryl methyl sites for hydroxylation is 1. The van der Waals surface area contributed by atoms with Crippen LogP contribution in [0.5, 0.6) is 0 Å². The van der Waals surface area contributed by atoms with Crippen LogP contribution < -0.4 is 5.32 Å². The van der Waals surface area contributed by atoms with E-state index in [2.05, 4.69) is 58.2 Å². The summed E-state index contributed by atoms with van der Waals surface area (Å²) < 4.78 is 2.48. The van der Waals surface area contributed by atoms with Gasteiger partial charge >= 0.3 is 0 Å². The fourth-order valence-corrected chi connectivity index (χ4v) is 5.14. The molecule has 2 aromatic heterocycles. The standard InChI is InChI=1S/C24H31N5/c1-28(22-12-4-8-19-9-6-14-26-24(19)22)17-23-27-20-10-2-3-11-21(20)29(23)16-18-7-5-13-25-15-18/h2-3,6,9-11,14,18,22,25H,4-5,7-8,12-13,15-17H2,1H3/t18-,22+/m1/s1. The molecule has 5 nitrogen and oxygen atoms in total. The maximum atomic E-state index is 5.05. The second-order valence-electron chi connectivity index (χ2n) is 8.71. The lowest BCUT2D eigenvalue weighted by molar-refractivity contribution is 0.200. The predicted molar refractivity (Wildman–Crippen MR) is 117 cm³/mol. The maximum Gasteiger partial charge on any atom is 0.124 e. The van der Waals surface area contributed by atoms with Crippen molar-refractivity contribution in [3.63, 3.8) is 0 Å². The van der Waals surface area contributed by atoms with E-state index in [0.29, 0.717) is 12.0 Å². The Balaban J connectivity index is 1.43. The van der Waals surface area contributed by atoms with Crippen molar-refractivity contribution in [1.29, 1.82) is 0 Å². The molecule has 3 aromatic rings. The van der Waals surface area contributed by atoms with Gasteiger partial charge in [0.1, 0.15) is 5.82 Å². The predicted octanol–water partition coefficient (Wildman–Crippen LogP) is 3.94. The second-order valence-corrected chi connectivity index (χ2v) is 8.71. The van der Waals surface area contributed by atoms with Gasteiger partial charge in [-0.25, -0.2) is 4.98 Å². The van der Waals surface area contributed by atoms with Crippen LogP contribution in [0.2, 0.25) is 0 Å². The summed E-state index contributed by atoms with van der Waals surface area (Å²) in [6, 6.07) is 13.3. The van der Waals surface area contributed by atoms with E-state index in [-0.39, 0.29) is 0 Å². The average molecular weight is 390 g/mol. The summed E-state index contributed by atoms with van der Waals surface area (Å²) in [5, 5.41) is 3.57. The maximum absolute atomic E-state index is 5.05. The minimum Gasteiger partial charge on any atom is -0.327 e. The Bertz CT molecular complexity index is 972. The minimum atomic E-state index is 0.379. The van der Waals surface area contributed by atoms with Gasteiger partial charge in [-0.2, -0.15) is 0 Å². The fourth-order valence-electron chi connectivity index (χ4n) is 5.14. The molecular formula is C24H31N5. The van der Waals surface area contributed by atoms with Gasteiger partial charge < -0.3 is 9.88 Å². The molecule has 0 unspecified atom stereocenters. The number of hydrogen-bond donors (Lipinski definition) is 1. The number of aromatic nitrogens is 3. The molecule has 1 aliphatic heterocycles. The van der Waals surface area contributed by atoms with Gasteiger partial charge in [0.05, 0.1) is 29.3 Å². The molecule has 0 saturated carbocycles. The molecule has 2 aliphatic rings. The van der Waals surface area contributed by atoms with Crippen LogP contribution >= 0.6 is 0 Å². The van der Waals surface area contributed by atoms with Gasteiger partial charge in [0.25, 0.3) is 0 Å². The molecule has 0 bridgehead atoms. The molecule has 29 heavy (non-hydrogen) atoms. The lowest BCUT2D eigenvalue weighted by Gasteiger charge is -2.32. The zero-order chi connectivity index (χ0) is 19.6. The van der Waals surface area contributed by atoms with Crippen molar-refractivity contribution in [2.45, 2.75) is 51.2 Å². The molecule has 1 N–H and O–H groups in total. The smallest absolute Gasteiger partial charge is 0.124 e. The Morgan fingerprint density at radius 2 is 2.07 bits per heavy atom. The zero-order valence-corrected chi connectivity index (χ0v) is 17.3. The average Bonchev–Trinajstić information content (AvgIpc) is 3.11. The number of nitrogens with one attached hydrogen (secondary N) is 1. The van der Waals surface area contributed by atoms with Crippen LogP contribution in [0.4, 0.5) is 0 Å². The van der Waals surface area contributed by atoms with Crippen molar-refractivity contribution < 1.29 is 0 Å². The van der Waals surface area contributed by atoms with E-state index in [1.165, 1.54) is 48.3 Å². The fraction of sp³-hybridized carbons (Fsp3) is 0.500. The number of para-hydroxylation sites is 2. The van der Waals surface area contributed by atoms with Crippen molar-refractivity contribution in [1.82, 2.24) is 24.8 Å². The quantitative estimate of drug-likeness (QED) is 0.718. The molecular weight excluding hydrogens is 358 g/mol. The van der Waals surface area contributed by atoms with Gasteiger partial charge in [0.15, 0.2) is 0 Å². The van der Waals surface area contributed by atoms with Gasteiger partial charge in [-0.05, 0) is 81.9 Å². The monoisotopic (exact) mass is 389 g/mol. The van der Waals surface area contributed by atoms with Gasteiger partial charge in [0.2, 0.25) is 0 Å². The number of benzene rings is 1. The van der Waals surface area contributed by atoms with Crippen molar-refractivity contribution in [3.8, 4) is 0 Å². The molecule has 1 saturated heterocycles. The third kappa shape index (κ3) is 3.81. The van der Waals surface area contributed by atoms with Crippen LogP contribution in [0.1, 0.15) is 48.8 Å². The summed E-state index contributed by atoms with van der Waals surface area (Å²) in [7, 11) is 2.24. The number of imidazole rings is 1. The highest BCUT2D eigenvalue weighted by atomic mass is 15.2. The van der Waals surface area contributed by atoms with Crippen molar-refractivity contribution in [2.75, 3.05) is 20.1 Å². The molecule has 1 aliphatic carbocycles. The minimum absolute atomic E-state index is 0.379. The highest BCUT2D eigenvalue weighted by molar-refractivity contribution is 5.75. The van der Waals surface area contributed by atoms with E-state index < -0.39 is 0 Å². The van der Waals surface area contributed by atoms with Crippen LogP contribution in [0.15, 0.2) is 42.6 Å². The largest absolute Gasteiger partial charge is 0.327 e. The molecule has 5 heteroatoms. The first-order valence-electron chi connectivity index (χ1n) is 11.1. The summed E-state index contributed by atoms with van der Waals surface area (Å²) in [6.07, 6.45) is 8.08. The highest BCUT2D eigenvalue weighted by Gasteiger charge is 2.26. The van der Waals surface area contributed by atoms with Gasteiger partial charge in [-0.3, -0.25) is 9.88 Å². The number of pyridine rings is 1. The van der Waals surface area contributed by atoms with Gasteiger partial charge in [-0.1, -0.05) is 18.2 Å². The number of rotatable bonds is 5. The lowest BCUT2D eigenvalue weighted by atomic mass is 9.91. The van der Waals surface area contributed by atoms with Crippen LogP contribution in [0.25, 0.3) is 11.0 Å². The highest BCUT2D eigenvalue weighted by Crippen LogP contribution is 2.33. The van der Waals surface area contributed by atoms with E-state index >= 15 is 0 Å². The molecule has 152 valence electrons. The van der Waals surface area contributed by atoms with E-state index in [0.717, 1.165) is 38.1 Å². The Kier molecular flexibility index (Phi) is 5.34. The third-order valence-electron chi connectivity index (χ3n) is 6.66. The number of piperidine rings is 1.